The predicted octanol–water partition coefficient (Wildman–Crippen LogP) is -0.948. The highest BCUT2D eigenvalue weighted by atomic mass is 32.2. The van der Waals surface area contributed by atoms with E-state index in [2.05, 4.69) is 5.32 Å². The van der Waals surface area contributed by atoms with Crippen LogP contribution in [0.4, 0.5) is 0 Å². The Morgan fingerprint density at radius 1 is 1.44 bits per heavy atom. The van der Waals surface area contributed by atoms with Gasteiger partial charge in [-0.15, -0.1) is 0 Å². The van der Waals surface area contributed by atoms with E-state index in [4.69, 9.17) is 15.3 Å². The van der Waals surface area contributed by atoms with Crippen molar-refractivity contribution in [3.8, 4) is 0 Å². The molecule has 2 atom stereocenters. The van der Waals surface area contributed by atoms with Crippen LogP contribution < -0.4 is 5.32 Å². The van der Waals surface area contributed by atoms with Crippen LogP contribution in [0.5, 0.6) is 0 Å². The van der Waals surface area contributed by atoms with E-state index in [1.54, 1.807) is 0 Å². The summed E-state index contributed by atoms with van der Waals surface area (Å²) in [7, 11) is 0. The summed E-state index contributed by atoms with van der Waals surface area (Å²) in [6, 6.07) is -0.909. The third-order valence-electron chi connectivity index (χ3n) is 1.77. The number of aliphatic carboxylic acids is 1. The lowest BCUT2D eigenvalue weighted by Gasteiger charge is -2.13. The van der Waals surface area contributed by atoms with Gasteiger partial charge in [0.15, 0.2) is 0 Å². The fraction of sp³-hybridized carbons (Fsp3) is 0.778. The zero-order valence-electron chi connectivity index (χ0n) is 9.05. The lowest BCUT2D eigenvalue weighted by atomic mass is 10.3. The molecule has 6 nitrogen and oxygen atoms in total. The largest absolute Gasteiger partial charge is 0.480 e. The highest BCUT2D eigenvalue weighted by molar-refractivity contribution is 7.99. The molecule has 0 saturated heterocycles. The average Bonchev–Trinajstić information content (AvgIpc) is 2.21. The molecule has 0 saturated carbocycles. The minimum absolute atomic E-state index is 0.243. The van der Waals surface area contributed by atoms with Gasteiger partial charge in [-0.05, 0) is 12.2 Å². The quantitative estimate of drug-likeness (QED) is 0.414. The van der Waals surface area contributed by atoms with Crippen LogP contribution in [0.2, 0.25) is 0 Å². The lowest BCUT2D eigenvalue weighted by Crippen LogP contribution is -2.41. The van der Waals surface area contributed by atoms with Gasteiger partial charge in [-0.1, -0.05) is 0 Å². The zero-order valence-corrected chi connectivity index (χ0v) is 9.87. The third kappa shape index (κ3) is 7.49. The summed E-state index contributed by atoms with van der Waals surface area (Å²) in [4.78, 5) is 21.4. The standard InChI is InChI=1S/C9H17NO5S/c1-6(12)10-8(9(14)15)5-16-3-2-7(13)4-11/h7-8,11,13H,2-5H2,1H3,(H,10,12)(H,14,15)/t7-,8-/m1/s1. The van der Waals surface area contributed by atoms with Gasteiger partial charge in [-0.3, -0.25) is 4.79 Å². The van der Waals surface area contributed by atoms with Gasteiger partial charge in [0.05, 0.1) is 12.7 Å². The van der Waals surface area contributed by atoms with E-state index in [9.17, 15) is 9.59 Å². The van der Waals surface area contributed by atoms with E-state index < -0.39 is 18.1 Å². The van der Waals surface area contributed by atoms with E-state index in [1.807, 2.05) is 0 Å². The lowest BCUT2D eigenvalue weighted by molar-refractivity contribution is -0.140. The SMILES string of the molecule is CC(=O)N[C@H](CSCC[C@@H](O)CO)C(=O)O. The van der Waals surface area contributed by atoms with Crippen molar-refractivity contribution in [1.82, 2.24) is 5.32 Å². The Hall–Kier alpha value is -0.790. The molecule has 0 fully saturated rings. The van der Waals surface area contributed by atoms with Crippen LogP contribution in [0.25, 0.3) is 0 Å². The number of rotatable bonds is 8. The molecule has 7 heteroatoms. The molecular formula is C9H17NO5S. The second kappa shape index (κ2) is 8.37. The molecule has 0 aliphatic heterocycles. The monoisotopic (exact) mass is 251 g/mol. The number of thioether (sulfide) groups is 1. The van der Waals surface area contributed by atoms with Gasteiger partial charge in [0.25, 0.3) is 0 Å². The maximum absolute atomic E-state index is 10.7. The van der Waals surface area contributed by atoms with Gasteiger partial charge in [0.1, 0.15) is 6.04 Å². The Morgan fingerprint density at radius 2 is 2.06 bits per heavy atom. The number of carboxylic acid groups (broad SMARTS) is 1. The molecule has 0 rings (SSSR count). The van der Waals surface area contributed by atoms with Crippen LogP contribution >= 0.6 is 11.8 Å². The number of aliphatic hydroxyl groups excluding tert-OH is 2. The van der Waals surface area contributed by atoms with E-state index >= 15 is 0 Å². The Kier molecular flexibility index (Phi) is 7.96. The van der Waals surface area contributed by atoms with Gasteiger partial charge >= 0.3 is 5.97 Å². The molecule has 0 aliphatic carbocycles. The third-order valence-corrected chi connectivity index (χ3v) is 2.86. The van der Waals surface area contributed by atoms with Gasteiger partial charge in [-0.2, -0.15) is 11.8 Å². The number of carboxylic acids is 1. The molecular weight excluding hydrogens is 234 g/mol. The highest BCUT2D eigenvalue weighted by Crippen LogP contribution is 2.07. The summed E-state index contributed by atoms with van der Waals surface area (Å²) < 4.78 is 0. The van der Waals surface area contributed by atoms with Crippen LogP contribution in [-0.4, -0.2) is 57.5 Å². The van der Waals surface area contributed by atoms with Crippen molar-refractivity contribution >= 4 is 23.6 Å². The molecule has 1 amide bonds. The van der Waals surface area contributed by atoms with E-state index in [-0.39, 0.29) is 18.3 Å². The number of aliphatic hydroxyl groups is 2. The van der Waals surface area contributed by atoms with Crippen LogP contribution in [-0.2, 0) is 9.59 Å². The molecule has 0 radical (unpaired) electrons. The molecule has 4 N–H and O–H groups in total. The number of carbonyl (C=O) groups excluding carboxylic acids is 1. The molecule has 0 heterocycles. The van der Waals surface area contributed by atoms with Crippen molar-refractivity contribution in [2.45, 2.75) is 25.5 Å². The number of amides is 1. The molecule has 0 bridgehead atoms. The molecule has 0 aromatic carbocycles. The number of hydrogen-bond acceptors (Lipinski definition) is 5. The molecule has 16 heavy (non-hydrogen) atoms. The Labute approximate surface area is 98.0 Å². The minimum Gasteiger partial charge on any atom is -0.480 e. The van der Waals surface area contributed by atoms with Gasteiger partial charge in [0, 0.05) is 12.7 Å². The first-order valence-electron chi connectivity index (χ1n) is 4.84. The normalized spacial score (nSPS) is 14.2. The smallest absolute Gasteiger partial charge is 0.327 e. The summed E-state index contributed by atoms with van der Waals surface area (Å²) in [5.74, 6) is -0.688. The molecule has 0 aromatic rings. The maximum atomic E-state index is 10.7. The molecule has 0 spiro atoms. The summed E-state index contributed by atoms with van der Waals surface area (Å²) in [6.07, 6.45) is -0.371. The Balaban J connectivity index is 3.77. The highest BCUT2D eigenvalue weighted by Gasteiger charge is 2.17. The van der Waals surface area contributed by atoms with Crippen LogP contribution in [0, 0.1) is 0 Å². The first-order chi connectivity index (χ1) is 7.47. The van der Waals surface area contributed by atoms with Crippen molar-refractivity contribution < 1.29 is 24.9 Å². The van der Waals surface area contributed by atoms with Gasteiger partial charge < -0.3 is 20.6 Å². The first-order valence-corrected chi connectivity index (χ1v) is 5.99. The van der Waals surface area contributed by atoms with Crippen molar-refractivity contribution in [3.05, 3.63) is 0 Å². The van der Waals surface area contributed by atoms with E-state index in [1.165, 1.54) is 18.7 Å². The van der Waals surface area contributed by atoms with Crippen LogP contribution in [0.1, 0.15) is 13.3 Å². The topological polar surface area (TPSA) is 107 Å². The first kappa shape index (κ1) is 15.2. The molecule has 0 aromatic heterocycles. The second-order valence-electron chi connectivity index (χ2n) is 3.29. The number of carbonyl (C=O) groups is 2. The van der Waals surface area contributed by atoms with Crippen molar-refractivity contribution in [2.75, 3.05) is 18.1 Å². The Bertz CT molecular complexity index is 236. The predicted molar refractivity (Wildman–Crippen MR) is 60.3 cm³/mol. The Morgan fingerprint density at radius 3 is 2.50 bits per heavy atom. The van der Waals surface area contributed by atoms with Crippen molar-refractivity contribution in [1.29, 1.82) is 0 Å². The van der Waals surface area contributed by atoms with Crippen LogP contribution in [0.3, 0.4) is 0 Å². The summed E-state index contributed by atoms with van der Waals surface area (Å²) in [5.41, 5.74) is 0. The van der Waals surface area contributed by atoms with E-state index in [0.717, 1.165) is 0 Å². The van der Waals surface area contributed by atoms with Gasteiger partial charge in [0.2, 0.25) is 5.91 Å². The second-order valence-corrected chi connectivity index (χ2v) is 4.44. The fourth-order valence-corrected chi connectivity index (χ4v) is 2.00. The van der Waals surface area contributed by atoms with Crippen molar-refractivity contribution in [2.24, 2.45) is 0 Å². The molecule has 0 unspecified atom stereocenters. The maximum Gasteiger partial charge on any atom is 0.327 e. The van der Waals surface area contributed by atoms with Crippen molar-refractivity contribution in [3.63, 3.8) is 0 Å². The summed E-state index contributed by atoms with van der Waals surface area (Å²) >= 11 is 1.31. The molecule has 94 valence electrons. The average molecular weight is 251 g/mol. The minimum atomic E-state index is -1.08. The summed E-state index contributed by atoms with van der Waals surface area (Å²) in [5, 5.41) is 28.6. The number of nitrogens with one attached hydrogen (secondary N) is 1. The van der Waals surface area contributed by atoms with Crippen LogP contribution in [0.15, 0.2) is 0 Å². The molecule has 0 aliphatic rings. The fourth-order valence-electron chi connectivity index (χ4n) is 0.932. The number of hydrogen-bond donors (Lipinski definition) is 4. The summed E-state index contributed by atoms with van der Waals surface area (Å²) in [6.45, 7) is 0.963. The van der Waals surface area contributed by atoms with Gasteiger partial charge in [-0.25, -0.2) is 4.79 Å². The van der Waals surface area contributed by atoms with E-state index in [0.29, 0.717) is 12.2 Å². The zero-order chi connectivity index (χ0) is 12.6.